The molecule has 1 fully saturated rings. The Morgan fingerprint density at radius 3 is 3.12 bits per heavy atom. The van der Waals surface area contributed by atoms with Crippen LogP contribution in [0.5, 0.6) is 0 Å². The van der Waals surface area contributed by atoms with Crippen molar-refractivity contribution in [1.29, 1.82) is 0 Å². The van der Waals surface area contributed by atoms with Gasteiger partial charge in [0.05, 0.1) is 5.60 Å². The Kier molecular flexibility index (Phi) is 3.62. The molecule has 4 heteroatoms. The maximum absolute atomic E-state index is 10.5. The van der Waals surface area contributed by atoms with Crippen molar-refractivity contribution in [2.45, 2.75) is 45.1 Å². The van der Waals surface area contributed by atoms with Gasteiger partial charge in [-0.25, -0.2) is 9.97 Å². The molecular formula is C13H21N3O. The van der Waals surface area contributed by atoms with Crippen molar-refractivity contribution in [2.75, 3.05) is 11.9 Å². The molecule has 2 atom stereocenters. The standard InChI is InChI=1S/C13H21N3O/c1-10-4-3-6-13(17,8-10)9-15-12-5-7-14-11(2)16-12/h5,7,10,17H,3-4,6,8-9H2,1-2H3,(H,14,15,16). The van der Waals surface area contributed by atoms with Crippen molar-refractivity contribution >= 4 is 5.82 Å². The van der Waals surface area contributed by atoms with Crippen LogP contribution in [-0.4, -0.2) is 27.2 Å². The van der Waals surface area contributed by atoms with Crippen LogP contribution in [0.25, 0.3) is 0 Å². The van der Waals surface area contributed by atoms with Gasteiger partial charge in [0.15, 0.2) is 0 Å². The third kappa shape index (κ3) is 3.40. The van der Waals surface area contributed by atoms with Crippen LogP contribution in [0.2, 0.25) is 0 Å². The highest BCUT2D eigenvalue weighted by Gasteiger charge is 2.32. The third-order valence-electron chi connectivity index (χ3n) is 3.44. The average molecular weight is 235 g/mol. The van der Waals surface area contributed by atoms with Gasteiger partial charge >= 0.3 is 0 Å². The first-order valence-corrected chi connectivity index (χ1v) is 6.33. The first-order chi connectivity index (χ1) is 8.07. The lowest BCUT2D eigenvalue weighted by atomic mass is 9.79. The monoisotopic (exact) mass is 235 g/mol. The van der Waals surface area contributed by atoms with Crippen LogP contribution in [0.3, 0.4) is 0 Å². The van der Waals surface area contributed by atoms with Gasteiger partial charge in [-0.2, -0.15) is 0 Å². The van der Waals surface area contributed by atoms with E-state index < -0.39 is 5.60 Å². The van der Waals surface area contributed by atoms with Crippen LogP contribution >= 0.6 is 0 Å². The normalized spacial score (nSPS) is 29.0. The molecule has 0 amide bonds. The minimum atomic E-state index is -0.573. The number of anilines is 1. The van der Waals surface area contributed by atoms with E-state index in [1.165, 1.54) is 6.42 Å². The summed E-state index contributed by atoms with van der Waals surface area (Å²) in [6.45, 7) is 4.65. The topological polar surface area (TPSA) is 58.0 Å². The molecule has 2 unspecified atom stereocenters. The number of aryl methyl sites for hydroxylation is 1. The highest BCUT2D eigenvalue weighted by atomic mass is 16.3. The minimum Gasteiger partial charge on any atom is -0.388 e. The average Bonchev–Trinajstić information content (AvgIpc) is 2.26. The van der Waals surface area contributed by atoms with E-state index in [0.717, 1.165) is 30.9 Å². The van der Waals surface area contributed by atoms with E-state index in [4.69, 9.17) is 0 Å². The van der Waals surface area contributed by atoms with E-state index in [9.17, 15) is 5.11 Å². The highest BCUT2D eigenvalue weighted by molar-refractivity contribution is 5.33. The lowest BCUT2D eigenvalue weighted by molar-refractivity contribution is -0.000831. The van der Waals surface area contributed by atoms with E-state index in [1.54, 1.807) is 6.20 Å². The molecule has 4 nitrogen and oxygen atoms in total. The van der Waals surface area contributed by atoms with Gasteiger partial charge in [0.25, 0.3) is 0 Å². The number of nitrogens with one attached hydrogen (secondary N) is 1. The summed E-state index contributed by atoms with van der Waals surface area (Å²) in [6, 6.07) is 1.84. The molecule has 0 saturated heterocycles. The summed E-state index contributed by atoms with van der Waals surface area (Å²) in [5.74, 6) is 2.16. The fraction of sp³-hybridized carbons (Fsp3) is 0.692. The molecule has 1 aliphatic rings. The van der Waals surface area contributed by atoms with Gasteiger partial charge in [0.1, 0.15) is 11.6 Å². The molecule has 0 aromatic carbocycles. The van der Waals surface area contributed by atoms with Crippen molar-refractivity contribution < 1.29 is 5.11 Å². The van der Waals surface area contributed by atoms with Crippen LogP contribution in [0.15, 0.2) is 12.3 Å². The van der Waals surface area contributed by atoms with Gasteiger partial charge < -0.3 is 10.4 Å². The summed E-state index contributed by atoms with van der Waals surface area (Å²) in [5, 5.41) is 13.7. The fourth-order valence-corrected chi connectivity index (χ4v) is 2.60. The molecule has 94 valence electrons. The summed E-state index contributed by atoms with van der Waals surface area (Å²) >= 11 is 0. The predicted molar refractivity (Wildman–Crippen MR) is 67.8 cm³/mol. The molecule has 2 N–H and O–H groups in total. The number of hydrogen-bond acceptors (Lipinski definition) is 4. The number of rotatable bonds is 3. The number of aliphatic hydroxyl groups is 1. The van der Waals surface area contributed by atoms with Crippen LogP contribution in [0, 0.1) is 12.8 Å². The SMILES string of the molecule is Cc1nccc(NCC2(O)CCCC(C)C2)n1. The van der Waals surface area contributed by atoms with Gasteiger partial charge in [0.2, 0.25) is 0 Å². The smallest absolute Gasteiger partial charge is 0.129 e. The molecule has 2 rings (SSSR count). The Labute approximate surface area is 102 Å². The molecule has 0 radical (unpaired) electrons. The lowest BCUT2D eigenvalue weighted by Crippen LogP contribution is -2.41. The van der Waals surface area contributed by atoms with Crippen LogP contribution in [0.1, 0.15) is 38.4 Å². The van der Waals surface area contributed by atoms with Crippen molar-refractivity contribution in [1.82, 2.24) is 9.97 Å². The molecular weight excluding hydrogens is 214 g/mol. The number of hydrogen-bond donors (Lipinski definition) is 2. The molecule has 0 aliphatic heterocycles. The Hall–Kier alpha value is -1.16. The minimum absolute atomic E-state index is 0.573. The zero-order chi connectivity index (χ0) is 12.3. The van der Waals surface area contributed by atoms with Crippen molar-refractivity contribution in [3.05, 3.63) is 18.1 Å². The van der Waals surface area contributed by atoms with Gasteiger partial charge in [-0.15, -0.1) is 0 Å². The highest BCUT2D eigenvalue weighted by Crippen LogP contribution is 2.32. The largest absolute Gasteiger partial charge is 0.388 e. The van der Waals surface area contributed by atoms with Crippen molar-refractivity contribution in [2.24, 2.45) is 5.92 Å². The summed E-state index contributed by atoms with van der Waals surface area (Å²) in [7, 11) is 0. The Bertz CT molecular complexity index is 383. The molecule has 1 aliphatic carbocycles. The predicted octanol–water partition coefficient (Wildman–Crippen LogP) is 2.14. The molecule has 0 spiro atoms. The first kappa shape index (κ1) is 12.3. The second-order valence-corrected chi connectivity index (χ2v) is 5.27. The molecule has 17 heavy (non-hydrogen) atoms. The third-order valence-corrected chi connectivity index (χ3v) is 3.44. The van der Waals surface area contributed by atoms with Crippen LogP contribution in [0.4, 0.5) is 5.82 Å². The second kappa shape index (κ2) is 5.00. The number of nitrogens with zero attached hydrogens (tertiary/aromatic N) is 2. The summed E-state index contributed by atoms with van der Waals surface area (Å²) in [6.07, 6.45) is 5.84. The zero-order valence-electron chi connectivity index (χ0n) is 10.6. The van der Waals surface area contributed by atoms with Crippen LogP contribution in [-0.2, 0) is 0 Å². The Morgan fingerprint density at radius 2 is 2.41 bits per heavy atom. The van der Waals surface area contributed by atoms with E-state index in [1.807, 2.05) is 13.0 Å². The zero-order valence-corrected chi connectivity index (χ0v) is 10.6. The maximum Gasteiger partial charge on any atom is 0.129 e. The summed E-state index contributed by atoms with van der Waals surface area (Å²) in [5.41, 5.74) is -0.573. The van der Waals surface area contributed by atoms with Crippen LogP contribution < -0.4 is 5.32 Å². The maximum atomic E-state index is 10.5. The quantitative estimate of drug-likeness (QED) is 0.842. The van der Waals surface area contributed by atoms with Gasteiger partial charge in [-0.3, -0.25) is 0 Å². The lowest BCUT2D eigenvalue weighted by Gasteiger charge is -2.35. The number of aromatic nitrogens is 2. The molecule has 1 heterocycles. The summed E-state index contributed by atoms with van der Waals surface area (Å²) < 4.78 is 0. The Balaban J connectivity index is 1.93. The van der Waals surface area contributed by atoms with Crippen molar-refractivity contribution in [3.63, 3.8) is 0 Å². The van der Waals surface area contributed by atoms with Gasteiger partial charge in [-0.1, -0.05) is 19.8 Å². The Morgan fingerprint density at radius 1 is 1.59 bits per heavy atom. The van der Waals surface area contributed by atoms with E-state index in [0.29, 0.717) is 12.5 Å². The molecule has 1 saturated carbocycles. The fourth-order valence-electron chi connectivity index (χ4n) is 2.60. The van der Waals surface area contributed by atoms with E-state index in [-0.39, 0.29) is 0 Å². The van der Waals surface area contributed by atoms with Gasteiger partial charge in [0, 0.05) is 12.7 Å². The van der Waals surface area contributed by atoms with E-state index >= 15 is 0 Å². The first-order valence-electron chi connectivity index (χ1n) is 6.33. The van der Waals surface area contributed by atoms with Gasteiger partial charge in [-0.05, 0) is 31.7 Å². The molecule has 1 aromatic heterocycles. The second-order valence-electron chi connectivity index (χ2n) is 5.27. The molecule has 1 aromatic rings. The van der Waals surface area contributed by atoms with E-state index in [2.05, 4.69) is 22.2 Å². The van der Waals surface area contributed by atoms with Crippen molar-refractivity contribution in [3.8, 4) is 0 Å². The molecule has 0 bridgehead atoms. The summed E-state index contributed by atoms with van der Waals surface area (Å²) in [4.78, 5) is 8.32.